The van der Waals surface area contributed by atoms with Crippen LogP contribution in [0.2, 0.25) is 0 Å². The van der Waals surface area contributed by atoms with E-state index in [0.717, 1.165) is 0 Å². The van der Waals surface area contributed by atoms with E-state index in [1.807, 2.05) is 12.1 Å². The Morgan fingerprint density at radius 2 is 0.636 bits per heavy atom. The van der Waals surface area contributed by atoms with E-state index in [4.69, 9.17) is 33.2 Å². The molecule has 0 aliphatic rings. The Bertz CT molecular complexity index is 516. The molecule has 0 atom stereocenters. The van der Waals surface area contributed by atoms with Gasteiger partial charge in [0.1, 0.15) is 0 Å². The molecule has 0 saturated carbocycles. The van der Waals surface area contributed by atoms with Crippen LogP contribution in [0.4, 0.5) is 0 Å². The first-order valence-corrected chi connectivity index (χ1v) is 5.27. The van der Waals surface area contributed by atoms with Crippen molar-refractivity contribution in [3.8, 4) is 11.1 Å². The monoisotopic (exact) mass is 317 g/mol. The van der Waals surface area contributed by atoms with E-state index >= 15 is 0 Å². The zero-order valence-electron chi connectivity index (χ0n) is 10.8. The summed E-state index contributed by atoms with van der Waals surface area (Å²) < 4.78 is 0. The molecular weight excluding hydrogens is 301 g/mol. The minimum atomic E-state index is 0. The van der Waals surface area contributed by atoms with Gasteiger partial charge in [-0.1, -0.05) is 60.7 Å². The third kappa shape index (κ3) is 14.9. The van der Waals surface area contributed by atoms with E-state index in [1.165, 1.54) is 25.9 Å². The Morgan fingerprint density at radius 1 is 0.455 bits per heavy atom. The molecule has 0 aliphatic heterocycles. The quantitative estimate of drug-likeness (QED) is 0.290. The third-order valence-electron chi connectivity index (χ3n) is 1.88. The number of nitrogens with zero attached hydrogens (tertiary/aromatic N) is 9. The fraction of sp³-hybridized carbons (Fsp3) is 0. The van der Waals surface area contributed by atoms with Gasteiger partial charge in [0.2, 0.25) is 0 Å². The summed E-state index contributed by atoms with van der Waals surface area (Å²) in [6, 6.07) is 20.8. The highest BCUT2D eigenvalue weighted by atomic mass is 31.0. The van der Waals surface area contributed by atoms with Crippen LogP contribution in [-0.4, -0.2) is 0 Å². The Labute approximate surface area is 130 Å². The van der Waals surface area contributed by atoms with Crippen molar-refractivity contribution in [2.75, 3.05) is 0 Å². The first-order chi connectivity index (χ1) is 10.2. The van der Waals surface area contributed by atoms with E-state index in [-0.39, 0.29) is 9.90 Å². The molecule has 114 valence electrons. The molecule has 0 heterocycles. The van der Waals surface area contributed by atoms with Crippen molar-refractivity contribution in [2.45, 2.75) is 0 Å². The molecule has 0 saturated heterocycles. The summed E-state index contributed by atoms with van der Waals surface area (Å²) >= 11 is 0. The maximum absolute atomic E-state index is 6.75. The average molecular weight is 317 g/mol. The van der Waals surface area contributed by atoms with E-state index in [9.17, 15) is 0 Å². The van der Waals surface area contributed by atoms with Gasteiger partial charge in [0, 0.05) is 0 Å². The lowest BCUT2D eigenvalue weighted by Crippen LogP contribution is -1.73. The summed E-state index contributed by atoms with van der Waals surface area (Å²) in [5, 5.41) is 0. The standard InChI is InChI=1S/C12H10.3N3.H6P/c1-3-7-11(8-4-1)12-9-5-2-6-10-12;3*1-3-2;/h1-10H;;;;1H6/q;3*-1;+3. The molecule has 10 heteroatoms. The second-order valence-corrected chi connectivity index (χ2v) is 3.00. The maximum atomic E-state index is 6.75. The van der Waals surface area contributed by atoms with Gasteiger partial charge < -0.3 is 33.2 Å². The van der Waals surface area contributed by atoms with E-state index in [0.29, 0.717) is 0 Å². The molecule has 2 aromatic carbocycles. The van der Waals surface area contributed by atoms with Crippen LogP contribution in [0.1, 0.15) is 0 Å². The molecular formula is C12H16N9P. The summed E-state index contributed by atoms with van der Waals surface area (Å²) in [6.45, 7) is 0. The van der Waals surface area contributed by atoms with Crippen molar-refractivity contribution in [3.63, 3.8) is 0 Å². The summed E-state index contributed by atoms with van der Waals surface area (Å²) in [5.74, 6) is 0. The van der Waals surface area contributed by atoms with Crippen LogP contribution in [0.3, 0.4) is 0 Å². The van der Waals surface area contributed by atoms with Gasteiger partial charge in [-0.05, 0) is 11.1 Å². The number of benzene rings is 2. The molecule has 0 N–H and O–H groups in total. The molecule has 2 aromatic rings. The number of hydrogen-bond acceptors (Lipinski definition) is 0. The van der Waals surface area contributed by atoms with Crippen LogP contribution in [0, 0.1) is 0 Å². The SMILES string of the molecule is [N-]=[N+]=[N-].[N-]=[N+]=[N-].[N-]=[N+]=[N-].[PH6+3].c1ccc(-c2ccccc2)cc1. The van der Waals surface area contributed by atoms with E-state index < -0.39 is 0 Å². The van der Waals surface area contributed by atoms with Crippen LogP contribution in [0.15, 0.2) is 60.7 Å². The van der Waals surface area contributed by atoms with Crippen LogP contribution in [-0.2, 0) is 0 Å². The van der Waals surface area contributed by atoms with E-state index in [1.54, 1.807) is 0 Å². The Morgan fingerprint density at radius 3 is 0.818 bits per heavy atom. The van der Waals surface area contributed by atoms with Gasteiger partial charge in [0.05, 0.1) is 0 Å². The molecule has 0 fully saturated rings. The van der Waals surface area contributed by atoms with Crippen LogP contribution in [0.25, 0.3) is 59.0 Å². The zero-order valence-corrected chi connectivity index (χ0v) is 10.8. The highest BCUT2D eigenvalue weighted by molar-refractivity contribution is 6.92. The van der Waals surface area contributed by atoms with Crippen LogP contribution in [0.5, 0.6) is 0 Å². The lowest BCUT2D eigenvalue weighted by molar-refractivity contribution is 1.62. The van der Waals surface area contributed by atoms with Crippen LogP contribution >= 0.6 is 9.90 Å². The topological polar surface area (TPSA) is 176 Å². The fourth-order valence-corrected chi connectivity index (χ4v) is 1.26. The fourth-order valence-electron chi connectivity index (χ4n) is 1.26. The summed E-state index contributed by atoms with van der Waals surface area (Å²) in [5.41, 5.74) is 43.1. The molecule has 0 unspecified atom stereocenters. The molecule has 0 radical (unpaired) electrons. The Hall–Kier alpha value is -3.20. The van der Waals surface area contributed by atoms with Gasteiger partial charge >= 0.3 is 0 Å². The molecule has 2 rings (SSSR count). The molecule has 9 nitrogen and oxygen atoms in total. The largest absolute Gasteiger partial charge is 0.373 e. The molecule has 0 amide bonds. The van der Waals surface area contributed by atoms with Crippen molar-refractivity contribution in [3.05, 3.63) is 109 Å². The first kappa shape index (κ1) is 23.9. The second kappa shape index (κ2) is 20.1. The van der Waals surface area contributed by atoms with Gasteiger partial charge in [-0.15, -0.1) is 0 Å². The Balaban J connectivity index is -0.000000307. The predicted octanol–water partition coefficient (Wildman–Crippen LogP) is 5.21. The highest BCUT2D eigenvalue weighted by Crippen LogP contribution is 2.17. The molecule has 0 aliphatic carbocycles. The molecule has 0 bridgehead atoms. The van der Waals surface area contributed by atoms with Gasteiger partial charge in [-0.3, -0.25) is 24.6 Å². The van der Waals surface area contributed by atoms with Gasteiger partial charge in [-0.25, -0.2) is 0 Å². The normalized spacial score (nSPS) is 6.36. The summed E-state index contributed by atoms with van der Waals surface area (Å²) in [7, 11) is 0. The predicted molar refractivity (Wildman–Crippen MR) is 97.4 cm³/mol. The van der Waals surface area contributed by atoms with Crippen molar-refractivity contribution in [1.82, 2.24) is 0 Å². The number of hydrogen-bond donors (Lipinski definition) is 0. The molecule has 22 heavy (non-hydrogen) atoms. The highest BCUT2D eigenvalue weighted by Gasteiger charge is 1.91. The Kier molecular flexibility index (Phi) is 21.8. The summed E-state index contributed by atoms with van der Waals surface area (Å²) in [6.07, 6.45) is 0. The van der Waals surface area contributed by atoms with Crippen molar-refractivity contribution < 1.29 is 0 Å². The minimum absolute atomic E-state index is 0. The van der Waals surface area contributed by atoms with Gasteiger partial charge in [-0.2, -0.15) is 0 Å². The third-order valence-corrected chi connectivity index (χ3v) is 1.88. The average Bonchev–Trinajstić information content (AvgIpc) is 2.51. The summed E-state index contributed by atoms with van der Waals surface area (Å²) in [4.78, 5) is 4.50. The van der Waals surface area contributed by atoms with Gasteiger partial charge in [0.15, 0.2) is 0 Å². The smallest absolute Gasteiger partial charge is 0.0184 e. The minimum Gasteiger partial charge on any atom is -0.373 e. The second-order valence-electron chi connectivity index (χ2n) is 3.00. The van der Waals surface area contributed by atoms with Crippen molar-refractivity contribution in [2.24, 2.45) is 0 Å². The van der Waals surface area contributed by atoms with Crippen molar-refractivity contribution in [1.29, 1.82) is 0 Å². The van der Waals surface area contributed by atoms with E-state index in [2.05, 4.69) is 48.5 Å². The zero-order chi connectivity index (χ0) is 16.3. The lowest BCUT2D eigenvalue weighted by Gasteiger charge is -1.98. The molecule has 0 aromatic heterocycles. The molecule has 0 spiro atoms. The van der Waals surface area contributed by atoms with Crippen LogP contribution < -0.4 is 0 Å². The van der Waals surface area contributed by atoms with Crippen molar-refractivity contribution >= 4 is 9.90 Å². The number of rotatable bonds is 1. The first-order valence-electron chi connectivity index (χ1n) is 5.27. The lowest BCUT2D eigenvalue weighted by atomic mass is 10.1. The van der Waals surface area contributed by atoms with Gasteiger partial charge in [0.25, 0.3) is 0 Å². The maximum Gasteiger partial charge on any atom is -0.0184 e.